The first-order chi connectivity index (χ1) is 11.2. The average molecular weight is 309 g/mol. The van der Waals surface area contributed by atoms with Crippen LogP contribution in [0.15, 0.2) is 60.7 Å². The first-order valence-corrected chi connectivity index (χ1v) is 8.08. The highest BCUT2D eigenvalue weighted by atomic mass is 16.2. The third-order valence-corrected chi connectivity index (χ3v) is 4.23. The molecule has 2 aromatic rings. The number of rotatable bonds is 4. The highest BCUT2D eigenvalue weighted by Gasteiger charge is 2.22. The lowest BCUT2D eigenvalue weighted by Crippen LogP contribution is -2.48. The maximum Gasteiger partial charge on any atom is 0.245 e. The van der Waals surface area contributed by atoms with Crippen molar-refractivity contribution in [2.24, 2.45) is 0 Å². The molecule has 1 aliphatic heterocycles. The number of hydrogen-bond donors (Lipinski definition) is 0. The molecule has 0 N–H and O–H groups in total. The van der Waals surface area contributed by atoms with Gasteiger partial charge in [0.15, 0.2) is 0 Å². The molecular formula is C19H23N3O. The second kappa shape index (κ2) is 7.40. The van der Waals surface area contributed by atoms with E-state index in [9.17, 15) is 4.79 Å². The lowest BCUT2D eigenvalue weighted by atomic mass is 10.2. The van der Waals surface area contributed by atoms with Gasteiger partial charge in [-0.1, -0.05) is 36.4 Å². The summed E-state index contributed by atoms with van der Waals surface area (Å²) < 4.78 is 0. The number of anilines is 2. The van der Waals surface area contributed by atoms with Gasteiger partial charge in [-0.05, 0) is 31.3 Å². The number of amides is 1. The van der Waals surface area contributed by atoms with Crippen LogP contribution in [0.3, 0.4) is 0 Å². The molecule has 0 radical (unpaired) electrons. The van der Waals surface area contributed by atoms with Crippen LogP contribution in [0.25, 0.3) is 0 Å². The smallest absolute Gasteiger partial charge is 0.245 e. The van der Waals surface area contributed by atoms with Crippen LogP contribution in [0.4, 0.5) is 11.4 Å². The number of carbonyl (C=O) groups is 1. The fourth-order valence-electron chi connectivity index (χ4n) is 2.86. The summed E-state index contributed by atoms with van der Waals surface area (Å²) in [6.07, 6.45) is 0. The normalized spacial score (nSPS) is 16.2. The second-order valence-corrected chi connectivity index (χ2v) is 5.98. The van der Waals surface area contributed by atoms with E-state index < -0.39 is 0 Å². The fourth-order valence-corrected chi connectivity index (χ4v) is 2.86. The zero-order valence-electron chi connectivity index (χ0n) is 13.6. The van der Waals surface area contributed by atoms with Gasteiger partial charge in [0.2, 0.25) is 5.91 Å². The van der Waals surface area contributed by atoms with E-state index in [4.69, 9.17) is 0 Å². The third kappa shape index (κ3) is 3.97. The molecule has 1 aliphatic rings. The summed E-state index contributed by atoms with van der Waals surface area (Å²) in [6.45, 7) is 4.38. The predicted octanol–water partition coefficient (Wildman–Crippen LogP) is 2.60. The number of piperazine rings is 1. The Balaban J connectivity index is 1.79. The third-order valence-electron chi connectivity index (χ3n) is 4.23. The molecule has 120 valence electrons. The number of carbonyl (C=O) groups excluding carboxylic acids is 1. The Labute approximate surface area is 137 Å². The van der Waals surface area contributed by atoms with Crippen LogP contribution in [0, 0.1) is 0 Å². The van der Waals surface area contributed by atoms with Crippen LogP contribution in [0.1, 0.15) is 0 Å². The highest BCUT2D eigenvalue weighted by Crippen LogP contribution is 2.25. The molecule has 0 spiro atoms. The molecule has 1 fully saturated rings. The van der Waals surface area contributed by atoms with Gasteiger partial charge in [-0.3, -0.25) is 14.6 Å². The van der Waals surface area contributed by atoms with Crippen LogP contribution in [0.2, 0.25) is 0 Å². The monoisotopic (exact) mass is 309 g/mol. The summed E-state index contributed by atoms with van der Waals surface area (Å²) in [4.78, 5) is 19.3. The molecule has 1 heterocycles. The van der Waals surface area contributed by atoms with Crippen LogP contribution in [-0.4, -0.2) is 55.5 Å². The minimum absolute atomic E-state index is 0.118. The van der Waals surface area contributed by atoms with Crippen molar-refractivity contribution >= 4 is 17.3 Å². The molecule has 4 nitrogen and oxygen atoms in total. The maximum atomic E-state index is 13.0. The standard InChI is InChI=1S/C19H23N3O/c1-20-12-14-21(15-13-20)16-19(23)22(17-8-4-2-5-9-17)18-10-6-3-7-11-18/h2-11H,12-16H2,1H3. The predicted molar refractivity (Wildman–Crippen MR) is 94.0 cm³/mol. The van der Waals surface area contributed by atoms with E-state index in [1.54, 1.807) is 0 Å². The first-order valence-electron chi connectivity index (χ1n) is 8.08. The Morgan fingerprint density at radius 2 is 1.35 bits per heavy atom. The molecule has 23 heavy (non-hydrogen) atoms. The van der Waals surface area contributed by atoms with Crippen molar-refractivity contribution in [1.29, 1.82) is 0 Å². The summed E-state index contributed by atoms with van der Waals surface area (Å²) >= 11 is 0. The van der Waals surface area contributed by atoms with E-state index >= 15 is 0 Å². The molecular weight excluding hydrogens is 286 g/mol. The highest BCUT2D eigenvalue weighted by molar-refractivity contribution is 6.01. The van der Waals surface area contributed by atoms with E-state index in [1.807, 2.05) is 65.6 Å². The minimum Gasteiger partial charge on any atom is -0.304 e. The van der Waals surface area contributed by atoms with E-state index in [1.165, 1.54) is 0 Å². The molecule has 0 unspecified atom stereocenters. The molecule has 0 aliphatic carbocycles. The van der Waals surface area contributed by atoms with Gasteiger partial charge in [0.25, 0.3) is 0 Å². The maximum absolute atomic E-state index is 13.0. The van der Waals surface area contributed by atoms with Gasteiger partial charge >= 0.3 is 0 Å². The quantitative estimate of drug-likeness (QED) is 0.868. The number of benzene rings is 2. The molecule has 0 atom stereocenters. The van der Waals surface area contributed by atoms with Crippen molar-refractivity contribution in [2.75, 3.05) is 44.7 Å². The Hall–Kier alpha value is -2.17. The van der Waals surface area contributed by atoms with E-state index in [0.717, 1.165) is 37.6 Å². The van der Waals surface area contributed by atoms with Crippen molar-refractivity contribution < 1.29 is 4.79 Å². The molecule has 1 saturated heterocycles. The van der Waals surface area contributed by atoms with Crippen LogP contribution in [0.5, 0.6) is 0 Å². The zero-order valence-corrected chi connectivity index (χ0v) is 13.6. The van der Waals surface area contributed by atoms with Crippen molar-refractivity contribution in [1.82, 2.24) is 9.80 Å². The van der Waals surface area contributed by atoms with Crippen molar-refractivity contribution in [2.45, 2.75) is 0 Å². The first kappa shape index (κ1) is 15.7. The van der Waals surface area contributed by atoms with Gasteiger partial charge in [0.05, 0.1) is 6.54 Å². The van der Waals surface area contributed by atoms with Gasteiger partial charge < -0.3 is 4.90 Å². The molecule has 0 aromatic heterocycles. The van der Waals surface area contributed by atoms with Crippen molar-refractivity contribution in [3.05, 3.63) is 60.7 Å². The summed E-state index contributed by atoms with van der Waals surface area (Å²) in [7, 11) is 2.12. The minimum atomic E-state index is 0.118. The van der Waals surface area contributed by atoms with Crippen LogP contribution in [-0.2, 0) is 4.79 Å². The number of likely N-dealkylation sites (N-methyl/N-ethyl adjacent to an activating group) is 1. The van der Waals surface area contributed by atoms with Gasteiger partial charge in [-0.2, -0.15) is 0 Å². The van der Waals surface area contributed by atoms with E-state index in [-0.39, 0.29) is 5.91 Å². The molecule has 3 rings (SSSR count). The average Bonchev–Trinajstić information content (AvgIpc) is 2.59. The molecule has 0 saturated carbocycles. The van der Waals surface area contributed by atoms with Gasteiger partial charge in [0, 0.05) is 37.6 Å². The topological polar surface area (TPSA) is 26.8 Å². The fraction of sp³-hybridized carbons (Fsp3) is 0.316. The summed E-state index contributed by atoms with van der Waals surface area (Å²) in [5.41, 5.74) is 1.83. The lowest BCUT2D eigenvalue weighted by Gasteiger charge is -2.33. The summed E-state index contributed by atoms with van der Waals surface area (Å²) in [5.74, 6) is 0.118. The largest absolute Gasteiger partial charge is 0.304 e. The number of para-hydroxylation sites is 2. The van der Waals surface area contributed by atoms with E-state index in [2.05, 4.69) is 16.8 Å². The van der Waals surface area contributed by atoms with Gasteiger partial charge in [0.1, 0.15) is 0 Å². The second-order valence-electron chi connectivity index (χ2n) is 5.98. The number of hydrogen-bond acceptors (Lipinski definition) is 3. The summed E-state index contributed by atoms with van der Waals surface area (Å²) in [6, 6.07) is 19.7. The number of nitrogens with zero attached hydrogens (tertiary/aromatic N) is 3. The zero-order chi connectivity index (χ0) is 16.1. The SMILES string of the molecule is CN1CCN(CC(=O)N(c2ccccc2)c2ccccc2)CC1. The van der Waals surface area contributed by atoms with E-state index in [0.29, 0.717) is 6.54 Å². The molecule has 1 amide bonds. The Morgan fingerprint density at radius 1 is 0.870 bits per heavy atom. The molecule has 4 heteroatoms. The van der Waals surface area contributed by atoms with Crippen LogP contribution >= 0.6 is 0 Å². The Bertz CT molecular complexity index is 582. The van der Waals surface area contributed by atoms with Crippen molar-refractivity contribution in [3.63, 3.8) is 0 Å². The van der Waals surface area contributed by atoms with Crippen LogP contribution < -0.4 is 4.90 Å². The summed E-state index contributed by atoms with van der Waals surface area (Å²) in [5, 5.41) is 0. The van der Waals surface area contributed by atoms with Gasteiger partial charge in [-0.15, -0.1) is 0 Å². The molecule has 2 aromatic carbocycles. The van der Waals surface area contributed by atoms with Crippen molar-refractivity contribution in [3.8, 4) is 0 Å². The molecule has 0 bridgehead atoms. The lowest BCUT2D eigenvalue weighted by molar-refractivity contribution is -0.119. The Morgan fingerprint density at radius 3 is 1.83 bits per heavy atom. The van der Waals surface area contributed by atoms with Gasteiger partial charge in [-0.25, -0.2) is 0 Å². The Kier molecular flexibility index (Phi) is 5.05.